The molecule has 0 unspecified atom stereocenters. The van der Waals surface area contributed by atoms with Crippen LogP contribution < -0.4 is 5.32 Å². The van der Waals surface area contributed by atoms with E-state index in [0.717, 1.165) is 24.4 Å². The zero-order chi connectivity index (χ0) is 14.8. The maximum Gasteiger partial charge on any atom is 0.151 e. The SMILES string of the molecule is CC.CC.CC.O=Cc1ccc(NCCS)nc1. The average Bonchev–Trinajstić information content (AvgIpc) is 2.51. The molecule has 0 saturated carbocycles. The maximum atomic E-state index is 10.3. The molecule has 1 aromatic heterocycles. The summed E-state index contributed by atoms with van der Waals surface area (Å²) < 4.78 is 0. The molecule has 1 aromatic rings. The van der Waals surface area contributed by atoms with E-state index >= 15 is 0 Å². The molecular weight excluding hydrogens is 244 g/mol. The summed E-state index contributed by atoms with van der Waals surface area (Å²) >= 11 is 4.04. The van der Waals surface area contributed by atoms with E-state index in [2.05, 4.69) is 22.9 Å². The first-order chi connectivity index (χ1) is 8.86. The predicted molar refractivity (Wildman–Crippen MR) is 86.0 cm³/mol. The van der Waals surface area contributed by atoms with Crippen LogP contribution in [0.4, 0.5) is 5.82 Å². The number of hydrogen-bond donors (Lipinski definition) is 2. The van der Waals surface area contributed by atoms with Gasteiger partial charge in [0.25, 0.3) is 0 Å². The molecule has 1 heterocycles. The molecule has 0 aliphatic rings. The van der Waals surface area contributed by atoms with Gasteiger partial charge in [-0.3, -0.25) is 4.79 Å². The Morgan fingerprint density at radius 1 is 1.17 bits per heavy atom. The van der Waals surface area contributed by atoms with Crippen molar-refractivity contribution in [3.63, 3.8) is 0 Å². The van der Waals surface area contributed by atoms with Crippen molar-refractivity contribution in [2.24, 2.45) is 0 Å². The quantitative estimate of drug-likeness (QED) is 0.634. The Morgan fingerprint density at radius 2 is 1.72 bits per heavy atom. The van der Waals surface area contributed by atoms with Crippen LogP contribution in [0.3, 0.4) is 0 Å². The molecule has 4 heteroatoms. The van der Waals surface area contributed by atoms with Crippen molar-refractivity contribution in [2.75, 3.05) is 17.6 Å². The molecule has 0 saturated heterocycles. The van der Waals surface area contributed by atoms with Gasteiger partial charge in [0.15, 0.2) is 6.29 Å². The number of nitrogens with one attached hydrogen (secondary N) is 1. The van der Waals surface area contributed by atoms with Crippen molar-refractivity contribution in [3.05, 3.63) is 23.9 Å². The highest BCUT2D eigenvalue weighted by Gasteiger charge is 1.92. The summed E-state index contributed by atoms with van der Waals surface area (Å²) in [5, 5.41) is 3.04. The molecule has 3 nitrogen and oxygen atoms in total. The van der Waals surface area contributed by atoms with Gasteiger partial charge in [0.1, 0.15) is 5.82 Å². The fourth-order valence-corrected chi connectivity index (χ4v) is 0.875. The molecule has 1 N–H and O–H groups in total. The first kappa shape index (κ1) is 22.2. The van der Waals surface area contributed by atoms with E-state index in [0.29, 0.717) is 5.56 Å². The van der Waals surface area contributed by atoms with E-state index in [-0.39, 0.29) is 0 Å². The minimum atomic E-state index is 0.589. The van der Waals surface area contributed by atoms with Gasteiger partial charge < -0.3 is 5.32 Å². The van der Waals surface area contributed by atoms with E-state index in [1.807, 2.05) is 41.5 Å². The van der Waals surface area contributed by atoms with E-state index in [1.54, 1.807) is 12.1 Å². The smallest absolute Gasteiger partial charge is 0.151 e. The first-order valence-electron chi connectivity index (χ1n) is 6.63. The highest BCUT2D eigenvalue weighted by atomic mass is 32.1. The van der Waals surface area contributed by atoms with Crippen LogP contribution in [0.1, 0.15) is 51.9 Å². The molecule has 0 fully saturated rings. The molecule has 1 rings (SSSR count). The number of rotatable bonds is 4. The monoisotopic (exact) mass is 272 g/mol. The van der Waals surface area contributed by atoms with E-state index in [9.17, 15) is 4.79 Å². The lowest BCUT2D eigenvalue weighted by Crippen LogP contribution is -2.03. The van der Waals surface area contributed by atoms with Crippen molar-refractivity contribution in [1.82, 2.24) is 4.98 Å². The van der Waals surface area contributed by atoms with Crippen LogP contribution in [0, 0.1) is 0 Å². The van der Waals surface area contributed by atoms with Crippen LogP contribution >= 0.6 is 12.6 Å². The Balaban J connectivity index is -0.000000328. The standard InChI is InChI=1S/C8H10N2OS.3C2H6/c11-6-7-1-2-8(10-5-7)9-3-4-12;3*1-2/h1-2,5-6,12H,3-4H2,(H,9,10);3*1-2H3. The summed E-state index contributed by atoms with van der Waals surface area (Å²) in [5.41, 5.74) is 0.589. The van der Waals surface area contributed by atoms with Crippen molar-refractivity contribution in [1.29, 1.82) is 0 Å². The van der Waals surface area contributed by atoms with Crippen LogP contribution in [0.2, 0.25) is 0 Å². The number of hydrogen-bond acceptors (Lipinski definition) is 4. The molecule has 0 atom stereocenters. The summed E-state index contributed by atoms with van der Waals surface area (Å²) in [6.45, 7) is 12.8. The van der Waals surface area contributed by atoms with E-state index < -0.39 is 0 Å². The number of anilines is 1. The van der Waals surface area contributed by atoms with Gasteiger partial charge in [-0.2, -0.15) is 12.6 Å². The summed E-state index contributed by atoms with van der Waals surface area (Å²) in [6.07, 6.45) is 2.31. The lowest BCUT2D eigenvalue weighted by atomic mass is 10.3. The molecule has 18 heavy (non-hydrogen) atoms. The van der Waals surface area contributed by atoms with Crippen LogP contribution in [0.15, 0.2) is 18.3 Å². The van der Waals surface area contributed by atoms with Gasteiger partial charge in [0.05, 0.1) is 0 Å². The summed E-state index contributed by atoms with van der Waals surface area (Å²) in [6, 6.07) is 3.49. The van der Waals surface area contributed by atoms with Crippen LogP contribution in [-0.2, 0) is 0 Å². The molecule has 0 amide bonds. The third-order valence-electron chi connectivity index (χ3n) is 1.34. The normalized spacial score (nSPS) is 7.28. The Kier molecular flexibility index (Phi) is 26.2. The van der Waals surface area contributed by atoms with E-state index in [1.165, 1.54) is 6.20 Å². The summed E-state index contributed by atoms with van der Waals surface area (Å²) in [4.78, 5) is 14.3. The lowest BCUT2D eigenvalue weighted by molar-refractivity contribution is 0.112. The number of nitrogens with zero attached hydrogens (tertiary/aromatic N) is 1. The van der Waals surface area contributed by atoms with Gasteiger partial charge in [-0.05, 0) is 12.1 Å². The highest BCUT2D eigenvalue weighted by molar-refractivity contribution is 7.80. The molecule has 0 aliphatic carbocycles. The molecular formula is C14H28N2OS. The number of aromatic nitrogens is 1. The predicted octanol–water partition coefficient (Wildman–Crippen LogP) is 4.31. The van der Waals surface area contributed by atoms with Gasteiger partial charge in [-0.1, -0.05) is 41.5 Å². The van der Waals surface area contributed by atoms with Gasteiger partial charge in [-0.15, -0.1) is 0 Å². The third kappa shape index (κ3) is 13.0. The second kappa shape index (κ2) is 21.3. The minimum Gasteiger partial charge on any atom is -0.369 e. The largest absolute Gasteiger partial charge is 0.369 e. The zero-order valence-corrected chi connectivity index (χ0v) is 13.4. The van der Waals surface area contributed by atoms with Crippen LogP contribution in [0.25, 0.3) is 0 Å². The van der Waals surface area contributed by atoms with Crippen LogP contribution in [-0.4, -0.2) is 23.6 Å². The number of carbonyl (C=O) groups excluding carboxylic acids is 1. The van der Waals surface area contributed by atoms with Crippen molar-refractivity contribution >= 4 is 24.7 Å². The Hall–Kier alpha value is -1.03. The molecule has 0 aliphatic heterocycles. The molecule has 0 radical (unpaired) electrons. The summed E-state index contributed by atoms with van der Waals surface area (Å²) in [5.74, 6) is 1.53. The zero-order valence-electron chi connectivity index (χ0n) is 12.5. The lowest BCUT2D eigenvalue weighted by Gasteiger charge is -2.01. The number of thiol groups is 1. The number of aldehydes is 1. The van der Waals surface area contributed by atoms with Gasteiger partial charge in [0.2, 0.25) is 0 Å². The van der Waals surface area contributed by atoms with Gasteiger partial charge in [0, 0.05) is 24.1 Å². The first-order valence-corrected chi connectivity index (χ1v) is 7.26. The second-order valence-corrected chi connectivity index (χ2v) is 2.69. The highest BCUT2D eigenvalue weighted by Crippen LogP contribution is 2.02. The molecule has 0 spiro atoms. The third-order valence-corrected chi connectivity index (χ3v) is 1.56. The Labute approximate surface area is 118 Å². The minimum absolute atomic E-state index is 0.589. The maximum absolute atomic E-state index is 10.3. The topological polar surface area (TPSA) is 42.0 Å². The fourth-order valence-electron chi connectivity index (χ4n) is 0.764. The molecule has 106 valence electrons. The fraction of sp³-hybridized carbons (Fsp3) is 0.571. The van der Waals surface area contributed by atoms with Crippen molar-refractivity contribution in [3.8, 4) is 0 Å². The van der Waals surface area contributed by atoms with Gasteiger partial charge in [-0.25, -0.2) is 4.98 Å². The Morgan fingerprint density at radius 3 is 2.06 bits per heavy atom. The number of pyridine rings is 1. The van der Waals surface area contributed by atoms with Crippen molar-refractivity contribution < 1.29 is 4.79 Å². The van der Waals surface area contributed by atoms with Crippen LogP contribution in [0.5, 0.6) is 0 Å². The molecule has 0 aromatic carbocycles. The Bertz CT molecular complexity index is 250. The van der Waals surface area contributed by atoms with E-state index in [4.69, 9.17) is 0 Å². The summed E-state index contributed by atoms with van der Waals surface area (Å²) in [7, 11) is 0. The number of carbonyl (C=O) groups is 1. The van der Waals surface area contributed by atoms with Crippen molar-refractivity contribution in [2.45, 2.75) is 41.5 Å². The second-order valence-electron chi connectivity index (χ2n) is 2.25. The average molecular weight is 272 g/mol. The van der Waals surface area contributed by atoms with Gasteiger partial charge >= 0.3 is 0 Å². The molecule has 0 bridgehead atoms.